The fourth-order valence-electron chi connectivity index (χ4n) is 2.23. The van der Waals surface area contributed by atoms with Crippen molar-refractivity contribution < 1.29 is 19.4 Å². The molecule has 0 spiro atoms. The quantitative estimate of drug-likeness (QED) is 0.830. The van der Waals surface area contributed by atoms with E-state index >= 15 is 0 Å². The number of rotatable bonds is 6. The number of carboxylic acid groups (broad SMARTS) is 1. The molecule has 104 valence electrons. The standard InChI is InChI=1S/C14H18FNO3/c1-9(12-5-4-11(15)6-13(12)17)16(8-14(18)19)7-10-2-3-10/h4-6,9-10,17H,2-3,7-8H2,1H3,(H,18,19). The van der Waals surface area contributed by atoms with E-state index in [2.05, 4.69) is 0 Å². The predicted octanol–water partition coefficient (Wildman–Crippen LogP) is 2.39. The zero-order chi connectivity index (χ0) is 14.0. The van der Waals surface area contributed by atoms with Crippen molar-refractivity contribution in [3.05, 3.63) is 29.6 Å². The zero-order valence-corrected chi connectivity index (χ0v) is 10.8. The molecule has 1 unspecified atom stereocenters. The van der Waals surface area contributed by atoms with E-state index in [9.17, 15) is 14.3 Å². The Morgan fingerprint density at radius 3 is 2.74 bits per heavy atom. The Labute approximate surface area is 111 Å². The Kier molecular flexibility index (Phi) is 4.04. The second kappa shape index (κ2) is 5.57. The van der Waals surface area contributed by atoms with Crippen LogP contribution in [0.2, 0.25) is 0 Å². The van der Waals surface area contributed by atoms with Gasteiger partial charge in [0.1, 0.15) is 11.6 Å². The summed E-state index contributed by atoms with van der Waals surface area (Å²) in [5.74, 6) is -0.974. The molecule has 1 saturated carbocycles. The first-order valence-corrected chi connectivity index (χ1v) is 6.41. The molecule has 4 nitrogen and oxygen atoms in total. The second-order valence-corrected chi connectivity index (χ2v) is 5.15. The monoisotopic (exact) mass is 267 g/mol. The Morgan fingerprint density at radius 2 is 2.21 bits per heavy atom. The van der Waals surface area contributed by atoms with Gasteiger partial charge in [0.05, 0.1) is 6.54 Å². The lowest BCUT2D eigenvalue weighted by Gasteiger charge is -2.28. The van der Waals surface area contributed by atoms with Gasteiger partial charge in [-0.15, -0.1) is 0 Å². The summed E-state index contributed by atoms with van der Waals surface area (Å²) in [4.78, 5) is 12.7. The maximum atomic E-state index is 13.0. The molecule has 0 saturated heterocycles. The number of nitrogens with zero attached hydrogens (tertiary/aromatic N) is 1. The van der Waals surface area contributed by atoms with Crippen molar-refractivity contribution >= 4 is 5.97 Å². The minimum absolute atomic E-state index is 0.0749. The number of hydrogen-bond acceptors (Lipinski definition) is 3. The fraction of sp³-hybridized carbons (Fsp3) is 0.500. The van der Waals surface area contributed by atoms with Crippen molar-refractivity contribution in [1.29, 1.82) is 0 Å². The van der Waals surface area contributed by atoms with Crippen LogP contribution in [0.3, 0.4) is 0 Å². The molecule has 1 aliphatic carbocycles. The normalized spacial score (nSPS) is 16.6. The Bertz CT molecular complexity index is 474. The molecule has 0 heterocycles. The van der Waals surface area contributed by atoms with E-state index in [-0.39, 0.29) is 18.3 Å². The minimum Gasteiger partial charge on any atom is -0.508 e. The molecule has 2 N–H and O–H groups in total. The molecular weight excluding hydrogens is 249 g/mol. The first-order chi connectivity index (χ1) is 8.97. The van der Waals surface area contributed by atoms with E-state index < -0.39 is 11.8 Å². The summed E-state index contributed by atoms with van der Waals surface area (Å²) in [7, 11) is 0. The highest BCUT2D eigenvalue weighted by molar-refractivity contribution is 5.69. The molecule has 0 radical (unpaired) electrons. The number of hydrogen-bond donors (Lipinski definition) is 2. The number of carbonyl (C=O) groups is 1. The maximum Gasteiger partial charge on any atom is 0.317 e. The van der Waals surface area contributed by atoms with Gasteiger partial charge < -0.3 is 10.2 Å². The lowest BCUT2D eigenvalue weighted by Crippen LogP contribution is -2.34. The first kappa shape index (κ1) is 13.8. The van der Waals surface area contributed by atoms with E-state index in [4.69, 9.17) is 5.11 Å². The highest BCUT2D eigenvalue weighted by atomic mass is 19.1. The van der Waals surface area contributed by atoms with Crippen LogP contribution in [0, 0.1) is 11.7 Å². The highest BCUT2D eigenvalue weighted by Gasteiger charge is 2.29. The van der Waals surface area contributed by atoms with Crippen molar-refractivity contribution in [2.45, 2.75) is 25.8 Å². The summed E-state index contributed by atoms with van der Waals surface area (Å²) in [6, 6.07) is 3.60. The van der Waals surface area contributed by atoms with Crippen LogP contribution in [0.15, 0.2) is 18.2 Å². The Morgan fingerprint density at radius 1 is 1.53 bits per heavy atom. The maximum absolute atomic E-state index is 13.0. The average molecular weight is 267 g/mol. The van der Waals surface area contributed by atoms with Crippen molar-refractivity contribution in [1.82, 2.24) is 4.90 Å². The van der Waals surface area contributed by atoms with Crippen LogP contribution in [-0.2, 0) is 4.79 Å². The van der Waals surface area contributed by atoms with Gasteiger partial charge in [-0.1, -0.05) is 6.07 Å². The van der Waals surface area contributed by atoms with Crippen molar-refractivity contribution in [3.63, 3.8) is 0 Å². The van der Waals surface area contributed by atoms with Gasteiger partial charge in [0, 0.05) is 24.2 Å². The molecule has 19 heavy (non-hydrogen) atoms. The van der Waals surface area contributed by atoms with Crippen LogP contribution in [0.1, 0.15) is 31.4 Å². The minimum atomic E-state index is -0.894. The summed E-state index contributed by atoms with van der Waals surface area (Å²) in [5.41, 5.74) is 0.559. The summed E-state index contributed by atoms with van der Waals surface area (Å²) >= 11 is 0. The average Bonchev–Trinajstić information content (AvgIpc) is 3.10. The number of phenolic OH excluding ortho intramolecular Hbond substituents is 1. The van der Waals surface area contributed by atoms with Crippen molar-refractivity contribution in [2.75, 3.05) is 13.1 Å². The number of aromatic hydroxyl groups is 1. The number of benzene rings is 1. The summed E-state index contributed by atoms with van der Waals surface area (Å²) in [6.45, 7) is 2.46. The SMILES string of the molecule is CC(c1ccc(F)cc1O)N(CC(=O)O)CC1CC1. The molecule has 1 atom stereocenters. The molecule has 0 amide bonds. The van der Waals surface area contributed by atoms with Gasteiger partial charge in [0.25, 0.3) is 0 Å². The van der Waals surface area contributed by atoms with Crippen LogP contribution >= 0.6 is 0 Å². The molecule has 1 fully saturated rings. The zero-order valence-electron chi connectivity index (χ0n) is 10.8. The van der Waals surface area contributed by atoms with Crippen LogP contribution in [0.25, 0.3) is 0 Å². The fourth-order valence-corrected chi connectivity index (χ4v) is 2.23. The third-order valence-electron chi connectivity index (χ3n) is 3.52. The van der Waals surface area contributed by atoms with Gasteiger partial charge in [0.2, 0.25) is 0 Å². The van der Waals surface area contributed by atoms with Crippen LogP contribution in [-0.4, -0.2) is 34.2 Å². The van der Waals surface area contributed by atoms with E-state index in [0.29, 0.717) is 18.0 Å². The highest BCUT2D eigenvalue weighted by Crippen LogP contribution is 2.34. The Balaban J connectivity index is 2.16. The molecule has 0 bridgehead atoms. The smallest absolute Gasteiger partial charge is 0.317 e. The lowest BCUT2D eigenvalue weighted by molar-refractivity contribution is -0.139. The number of phenols is 1. The second-order valence-electron chi connectivity index (χ2n) is 5.15. The number of halogens is 1. The molecule has 0 aromatic heterocycles. The summed E-state index contributed by atoms with van der Waals surface area (Å²) in [6.07, 6.45) is 2.25. The summed E-state index contributed by atoms with van der Waals surface area (Å²) < 4.78 is 13.0. The Hall–Kier alpha value is -1.62. The number of aliphatic carboxylic acids is 1. The van der Waals surface area contributed by atoms with Gasteiger partial charge >= 0.3 is 5.97 Å². The van der Waals surface area contributed by atoms with Crippen molar-refractivity contribution in [3.8, 4) is 5.75 Å². The van der Waals surface area contributed by atoms with E-state index in [1.54, 1.807) is 0 Å². The summed E-state index contributed by atoms with van der Waals surface area (Å²) in [5, 5.41) is 18.7. The third kappa shape index (κ3) is 3.67. The largest absolute Gasteiger partial charge is 0.508 e. The van der Waals surface area contributed by atoms with E-state index in [0.717, 1.165) is 18.9 Å². The molecular formula is C14H18FNO3. The van der Waals surface area contributed by atoms with Gasteiger partial charge in [0.15, 0.2) is 0 Å². The van der Waals surface area contributed by atoms with Gasteiger partial charge in [-0.2, -0.15) is 0 Å². The van der Waals surface area contributed by atoms with Gasteiger partial charge in [-0.05, 0) is 31.7 Å². The molecule has 2 rings (SSSR count). The predicted molar refractivity (Wildman–Crippen MR) is 68.4 cm³/mol. The third-order valence-corrected chi connectivity index (χ3v) is 3.52. The first-order valence-electron chi connectivity index (χ1n) is 6.41. The van der Waals surface area contributed by atoms with Crippen molar-refractivity contribution in [2.24, 2.45) is 5.92 Å². The molecule has 0 aliphatic heterocycles. The number of carboxylic acids is 1. The topological polar surface area (TPSA) is 60.8 Å². The van der Waals surface area contributed by atoms with Gasteiger partial charge in [-0.3, -0.25) is 9.69 Å². The lowest BCUT2D eigenvalue weighted by atomic mass is 10.0. The van der Waals surface area contributed by atoms with Crippen LogP contribution in [0.5, 0.6) is 5.75 Å². The molecule has 1 aromatic rings. The van der Waals surface area contributed by atoms with E-state index in [1.165, 1.54) is 12.1 Å². The van der Waals surface area contributed by atoms with Gasteiger partial charge in [-0.25, -0.2) is 4.39 Å². The van der Waals surface area contributed by atoms with Crippen LogP contribution < -0.4 is 0 Å². The van der Waals surface area contributed by atoms with Crippen LogP contribution in [0.4, 0.5) is 4.39 Å². The van der Waals surface area contributed by atoms with E-state index in [1.807, 2.05) is 11.8 Å². The molecule has 5 heteroatoms. The molecule has 1 aliphatic rings. The molecule has 1 aromatic carbocycles.